The second-order valence-electron chi connectivity index (χ2n) is 2.87. The van der Waals surface area contributed by atoms with E-state index in [9.17, 15) is 4.39 Å². The highest BCUT2D eigenvalue weighted by atomic mass is 35.5. The zero-order valence-corrected chi connectivity index (χ0v) is 8.74. The van der Waals surface area contributed by atoms with Gasteiger partial charge in [0, 0.05) is 11.1 Å². The first kappa shape index (κ1) is 9.62. The van der Waals surface area contributed by atoms with Crippen LogP contribution in [0.5, 0.6) is 0 Å². The van der Waals surface area contributed by atoms with Gasteiger partial charge in [-0.3, -0.25) is 0 Å². The summed E-state index contributed by atoms with van der Waals surface area (Å²) in [4.78, 5) is 3.65. The van der Waals surface area contributed by atoms with Gasteiger partial charge in [0.1, 0.15) is 5.82 Å². The standard InChI is InChI=1S/C10H7ClFNS/c11-7-2-1-3-8(12)10(7)9-4-6(14)5-13-9/h1-5,13-14H. The summed E-state index contributed by atoms with van der Waals surface area (Å²) in [6.07, 6.45) is 1.68. The van der Waals surface area contributed by atoms with Crippen LogP contribution in [0.2, 0.25) is 5.02 Å². The lowest BCUT2D eigenvalue weighted by molar-refractivity contribution is 0.631. The highest BCUT2D eigenvalue weighted by molar-refractivity contribution is 7.80. The predicted octanol–water partition coefficient (Wildman–Crippen LogP) is 3.76. The number of rotatable bonds is 1. The zero-order valence-electron chi connectivity index (χ0n) is 7.09. The molecule has 1 aromatic heterocycles. The van der Waals surface area contributed by atoms with Gasteiger partial charge in [0.25, 0.3) is 0 Å². The van der Waals surface area contributed by atoms with Crippen LogP contribution >= 0.6 is 24.2 Å². The molecule has 1 aromatic carbocycles. The van der Waals surface area contributed by atoms with Crippen LogP contribution in [0, 0.1) is 5.82 Å². The molecule has 72 valence electrons. The topological polar surface area (TPSA) is 15.8 Å². The minimum atomic E-state index is -0.340. The molecule has 0 unspecified atom stereocenters. The van der Waals surface area contributed by atoms with Crippen molar-refractivity contribution in [2.24, 2.45) is 0 Å². The molecular weight excluding hydrogens is 221 g/mol. The van der Waals surface area contributed by atoms with Gasteiger partial charge in [0.2, 0.25) is 0 Å². The molecule has 0 saturated carbocycles. The quantitative estimate of drug-likeness (QED) is 0.690. The van der Waals surface area contributed by atoms with Gasteiger partial charge < -0.3 is 4.98 Å². The third-order valence-corrected chi connectivity index (χ3v) is 2.47. The summed E-state index contributed by atoms with van der Waals surface area (Å²) >= 11 is 10.0. The van der Waals surface area contributed by atoms with Crippen LogP contribution in [0.4, 0.5) is 4.39 Å². The monoisotopic (exact) mass is 227 g/mol. The molecule has 0 radical (unpaired) electrons. The third kappa shape index (κ3) is 1.65. The average Bonchev–Trinajstić information content (AvgIpc) is 2.51. The van der Waals surface area contributed by atoms with E-state index in [1.807, 2.05) is 0 Å². The maximum Gasteiger partial charge on any atom is 0.134 e. The predicted molar refractivity (Wildman–Crippen MR) is 58.4 cm³/mol. The summed E-state index contributed by atoms with van der Waals surface area (Å²) in [6, 6.07) is 6.33. The summed E-state index contributed by atoms with van der Waals surface area (Å²) in [6.45, 7) is 0. The molecule has 1 nitrogen and oxygen atoms in total. The molecule has 14 heavy (non-hydrogen) atoms. The summed E-state index contributed by atoms with van der Waals surface area (Å²) in [5, 5.41) is 0.389. The molecule has 2 aromatic rings. The summed E-state index contributed by atoms with van der Waals surface area (Å²) in [5.74, 6) is -0.340. The average molecular weight is 228 g/mol. The Morgan fingerprint density at radius 1 is 1.36 bits per heavy atom. The van der Waals surface area contributed by atoms with E-state index in [1.165, 1.54) is 6.07 Å². The normalized spacial score (nSPS) is 10.5. The van der Waals surface area contributed by atoms with Crippen LogP contribution in [0.25, 0.3) is 11.3 Å². The number of halogens is 2. The van der Waals surface area contributed by atoms with Gasteiger partial charge in [-0.1, -0.05) is 17.7 Å². The minimum absolute atomic E-state index is 0.340. The molecule has 0 bridgehead atoms. The lowest BCUT2D eigenvalue weighted by atomic mass is 10.1. The number of nitrogens with one attached hydrogen (secondary N) is 1. The van der Waals surface area contributed by atoms with Gasteiger partial charge in [-0.25, -0.2) is 4.39 Å². The van der Waals surface area contributed by atoms with Crippen molar-refractivity contribution in [3.8, 4) is 11.3 Å². The number of benzene rings is 1. The van der Waals surface area contributed by atoms with Crippen LogP contribution in [-0.4, -0.2) is 4.98 Å². The first-order valence-corrected chi connectivity index (χ1v) is 4.83. The Balaban J connectivity index is 2.61. The molecule has 2 rings (SSSR count). The van der Waals surface area contributed by atoms with Crippen molar-refractivity contribution in [3.63, 3.8) is 0 Å². The first-order chi connectivity index (χ1) is 6.68. The summed E-state index contributed by atoms with van der Waals surface area (Å²) in [7, 11) is 0. The third-order valence-electron chi connectivity index (χ3n) is 1.90. The molecule has 0 saturated heterocycles. The van der Waals surface area contributed by atoms with E-state index in [2.05, 4.69) is 17.6 Å². The number of aromatic nitrogens is 1. The van der Waals surface area contributed by atoms with E-state index in [1.54, 1.807) is 24.4 Å². The van der Waals surface area contributed by atoms with Crippen LogP contribution in [0.1, 0.15) is 0 Å². The lowest BCUT2D eigenvalue weighted by Crippen LogP contribution is -1.84. The molecule has 0 amide bonds. The van der Waals surface area contributed by atoms with Crippen molar-refractivity contribution in [3.05, 3.63) is 41.3 Å². The Morgan fingerprint density at radius 3 is 2.71 bits per heavy atom. The van der Waals surface area contributed by atoms with Crippen molar-refractivity contribution in [2.75, 3.05) is 0 Å². The number of thiol groups is 1. The van der Waals surface area contributed by atoms with E-state index < -0.39 is 0 Å². The molecule has 0 aliphatic carbocycles. The summed E-state index contributed by atoms with van der Waals surface area (Å²) in [5.41, 5.74) is 1.02. The van der Waals surface area contributed by atoms with Crippen molar-refractivity contribution in [1.29, 1.82) is 0 Å². The molecule has 1 N–H and O–H groups in total. The first-order valence-electron chi connectivity index (χ1n) is 4.00. The minimum Gasteiger partial charge on any atom is -0.360 e. The van der Waals surface area contributed by atoms with Crippen LogP contribution < -0.4 is 0 Å². The highest BCUT2D eigenvalue weighted by Crippen LogP contribution is 2.30. The highest BCUT2D eigenvalue weighted by Gasteiger charge is 2.10. The van der Waals surface area contributed by atoms with Crippen molar-refractivity contribution in [2.45, 2.75) is 4.90 Å². The van der Waals surface area contributed by atoms with Crippen LogP contribution in [0.3, 0.4) is 0 Å². The second-order valence-corrected chi connectivity index (χ2v) is 3.79. The molecule has 0 spiro atoms. The Morgan fingerprint density at radius 2 is 2.14 bits per heavy atom. The maximum absolute atomic E-state index is 13.4. The fourth-order valence-electron chi connectivity index (χ4n) is 1.28. The van der Waals surface area contributed by atoms with Gasteiger partial charge in [0.15, 0.2) is 0 Å². The fourth-order valence-corrected chi connectivity index (χ4v) is 1.74. The molecule has 1 heterocycles. The van der Waals surface area contributed by atoms with Gasteiger partial charge in [0.05, 0.1) is 16.3 Å². The van der Waals surface area contributed by atoms with E-state index in [0.717, 1.165) is 4.90 Å². The van der Waals surface area contributed by atoms with Crippen LogP contribution in [-0.2, 0) is 0 Å². The van der Waals surface area contributed by atoms with E-state index >= 15 is 0 Å². The van der Waals surface area contributed by atoms with Gasteiger partial charge in [-0.15, -0.1) is 12.6 Å². The van der Waals surface area contributed by atoms with E-state index in [-0.39, 0.29) is 5.82 Å². The molecule has 0 aliphatic heterocycles. The van der Waals surface area contributed by atoms with E-state index in [0.29, 0.717) is 16.3 Å². The fraction of sp³-hybridized carbons (Fsp3) is 0. The van der Waals surface area contributed by atoms with Gasteiger partial charge >= 0.3 is 0 Å². The molecule has 4 heteroatoms. The number of aromatic amines is 1. The van der Waals surface area contributed by atoms with Crippen LogP contribution in [0.15, 0.2) is 35.4 Å². The van der Waals surface area contributed by atoms with Gasteiger partial charge in [-0.2, -0.15) is 0 Å². The largest absolute Gasteiger partial charge is 0.360 e. The molecule has 0 aliphatic rings. The summed E-state index contributed by atoms with van der Waals surface area (Å²) < 4.78 is 13.4. The SMILES string of the molecule is Fc1cccc(Cl)c1-c1cc(S)c[nH]1. The number of hydrogen-bond acceptors (Lipinski definition) is 1. The Kier molecular flexibility index (Phi) is 2.52. The lowest BCUT2D eigenvalue weighted by Gasteiger charge is -2.02. The Hall–Kier alpha value is -0.930. The smallest absolute Gasteiger partial charge is 0.134 e. The number of H-pyrrole nitrogens is 1. The Bertz CT molecular complexity index is 447. The van der Waals surface area contributed by atoms with Crippen molar-refractivity contribution in [1.82, 2.24) is 4.98 Å². The Labute approximate surface area is 91.3 Å². The zero-order chi connectivity index (χ0) is 10.1. The molecule has 0 atom stereocenters. The van der Waals surface area contributed by atoms with E-state index in [4.69, 9.17) is 11.6 Å². The van der Waals surface area contributed by atoms with Gasteiger partial charge in [-0.05, 0) is 18.2 Å². The van der Waals surface area contributed by atoms with Crippen molar-refractivity contribution >= 4 is 24.2 Å². The second kappa shape index (κ2) is 3.67. The molecular formula is C10H7ClFNS. The maximum atomic E-state index is 13.4. The molecule has 0 fully saturated rings. The number of hydrogen-bond donors (Lipinski definition) is 2. The van der Waals surface area contributed by atoms with Crippen molar-refractivity contribution < 1.29 is 4.39 Å².